The van der Waals surface area contributed by atoms with E-state index >= 15 is 0 Å². The van der Waals surface area contributed by atoms with E-state index in [1.54, 1.807) is 6.07 Å². The Morgan fingerprint density at radius 3 is 2.55 bits per heavy atom. The molecule has 0 amide bonds. The van der Waals surface area contributed by atoms with Gasteiger partial charge in [0.05, 0.1) is 23.9 Å². The van der Waals surface area contributed by atoms with Gasteiger partial charge >= 0.3 is 5.97 Å². The van der Waals surface area contributed by atoms with Crippen molar-refractivity contribution >= 4 is 22.6 Å². The Balaban J connectivity index is 2.30. The Labute approximate surface area is 128 Å². The molecule has 0 aliphatic rings. The Bertz CT molecular complexity index is 855. The summed E-state index contributed by atoms with van der Waals surface area (Å²) in [5.41, 5.74) is 10.4. The predicted molar refractivity (Wildman–Crippen MR) is 87.7 cm³/mol. The van der Waals surface area contributed by atoms with Crippen LogP contribution in [0.2, 0.25) is 0 Å². The van der Waals surface area contributed by atoms with Crippen molar-refractivity contribution in [3.05, 3.63) is 59.7 Å². The normalized spacial score (nSPS) is 10.6. The van der Waals surface area contributed by atoms with E-state index in [4.69, 9.17) is 15.5 Å². The SMILES string of the molecule is COC(=O)c1cc(-c2ccc(N)cc2)nc2c(C)cccc12. The minimum absolute atomic E-state index is 0.366. The molecule has 2 aromatic carbocycles. The number of fused-ring (bicyclic) bond motifs is 1. The molecule has 3 rings (SSSR count). The third kappa shape index (κ3) is 2.39. The molecule has 3 aromatic rings. The molecule has 0 atom stereocenters. The van der Waals surface area contributed by atoms with Gasteiger partial charge in [-0.25, -0.2) is 9.78 Å². The Morgan fingerprint density at radius 2 is 1.86 bits per heavy atom. The van der Waals surface area contributed by atoms with Crippen LogP contribution < -0.4 is 5.73 Å². The van der Waals surface area contributed by atoms with Gasteiger partial charge in [0.1, 0.15) is 0 Å². The second-order valence-electron chi connectivity index (χ2n) is 5.14. The number of pyridine rings is 1. The van der Waals surface area contributed by atoms with E-state index in [2.05, 4.69) is 0 Å². The highest BCUT2D eigenvalue weighted by Crippen LogP contribution is 2.27. The molecule has 0 aliphatic heterocycles. The van der Waals surface area contributed by atoms with Crippen LogP contribution in [0.3, 0.4) is 0 Å². The van der Waals surface area contributed by atoms with Gasteiger partial charge in [-0.15, -0.1) is 0 Å². The van der Waals surface area contributed by atoms with E-state index in [1.807, 2.05) is 49.4 Å². The zero-order chi connectivity index (χ0) is 15.7. The molecule has 0 fully saturated rings. The van der Waals surface area contributed by atoms with Gasteiger partial charge < -0.3 is 10.5 Å². The van der Waals surface area contributed by atoms with Crippen molar-refractivity contribution in [3.8, 4) is 11.3 Å². The van der Waals surface area contributed by atoms with Gasteiger partial charge in [0.15, 0.2) is 0 Å². The molecule has 110 valence electrons. The molecule has 1 aromatic heterocycles. The number of anilines is 1. The fourth-order valence-corrected chi connectivity index (χ4v) is 2.47. The van der Waals surface area contributed by atoms with Crippen LogP contribution in [0, 0.1) is 6.92 Å². The number of aryl methyl sites for hydroxylation is 1. The smallest absolute Gasteiger partial charge is 0.338 e. The van der Waals surface area contributed by atoms with Crippen molar-refractivity contribution in [2.75, 3.05) is 12.8 Å². The number of carbonyl (C=O) groups is 1. The summed E-state index contributed by atoms with van der Waals surface area (Å²) in [6, 6.07) is 14.9. The van der Waals surface area contributed by atoms with E-state index < -0.39 is 0 Å². The summed E-state index contributed by atoms with van der Waals surface area (Å²) in [5.74, 6) is -0.366. The number of methoxy groups -OCH3 is 1. The van der Waals surface area contributed by atoms with Crippen LogP contribution in [0.1, 0.15) is 15.9 Å². The van der Waals surface area contributed by atoms with Crippen LogP contribution in [0.5, 0.6) is 0 Å². The van der Waals surface area contributed by atoms with Crippen molar-refractivity contribution in [1.82, 2.24) is 4.98 Å². The van der Waals surface area contributed by atoms with Crippen molar-refractivity contribution in [2.24, 2.45) is 0 Å². The molecule has 0 unspecified atom stereocenters. The van der Waals surface area contributed by atoms with Gasteiger partial charge in [-0.3, -0.25) is 0 Å². The summed E-state index contributed by atoms with van der Waals surface area (Å²) in [6.45, 7) is 1.98. The number of benzene rings is 2. The van der Waals surface area contributed by atoms with Crippen molar-refractivity contribution in [2.45, 2.75) is 6.92 Å². The number of ether oxygens (including phenoxy) is 1. The van der Waals surface area contributed by atoms with Gasteiger partial charge in [0, 0.05) is 16.6 Å². The maximum atomic E-state index is 12.1. The number of para-hydroxylation sites is 1. The van der Waals surface area contributed by atoms with Crippen molar-refractivity contribution in [3.63, 3.8) is 0 Å². The summed E-state index contributed by atoms with van der Waals surface area (Å²) < 4.78 is 4.91. The van der Waals surface area contributed by atoms with Crippen LogP contribution in [0.15, 0.2) is 48.5 Å². The average Bonchev–Trinajstić information content (AvgIpc) is 2.54. The third-order valence-corrected chi connectivity index (χ3v) is 3.65. The number of nitrogens with zero attached hydrogens (tertiary/aromatic N) is 1. The summed E-state index contributed by atoms with van der Waals surface area (Å²) in [6.07, 6.45) is 0. The monoisotopic (exact) mass is 292 g/mol. The quantitative estimate of drug-likeness (QED) is 0.579. The standard InChI is InChI=1S/C18H16N2O2/c1-11-4-3-5-14-15(18(21)22-2)10-16(20-17(11)14)12-6-8-13(19)9-7-12/h3-10H,19H2,1-2H3. The molecule has 1 heterocycles. The van der Waals surface area contributed by atoms with Gasteiger partial charge in [0.25, 0.3) is 0 Å². The van der Waals surface area contributed by atoms with Crippen molar-refractivity contribution < 1.29 is 9.53 Å². The highest BCUT2D eigenvalue weighted by atomic mass is 16.5. The van der Waals surface area contributed by atoms with E-state index in [0.29, 0.717) is 11.3 Å². The molecule has 0 saturated heterocycles. The molecule has 4 nitrogen and oxygen atoms in total. The molecule has 4 heteroatoms. The average molecular weight is 292 g/mol. The summed E-state index contributed by atoms with van der Waals surface area (Å²) in [4.78, 5) is 16.8. The Hall–Kier alpha value is -2.88. The number of nitrogens with two attached hydrogens (primary N) is 1. The molecule has 0 aliphatic carbocycles. The van der Waals surface area contributed by atoms with E-state index in [1.165, 1.54) is 7.11 Å². The van der Waals surface area contributed by atoms with Crippen LogP contribution in [0.4, 0.5) is 5.69 Å². The molecule has 0 bridgehead atoms. The topological polar surface area (TPSA) is 65.2 Å². The van der Waals surface area contributed by atoms with E-state index in [-0.39, 0.29) is 5.97 Å². The highest BCUT2D eigenvalue weighted by molar-refractivity contribution is 6.05. The molecular formula is C18H16N2O2. The zero-order valence-corrected chi connectivity index (χ0v) is 12.5. The summed E-state index contributed by atoms with van der Waals surface area (Å²) in [7, 11) is 1.38. The summed E-state index contributed by atoms with van der Waals surface area (Å²) in [5, 5.41) is 0.797. The van der Waals surface area contributed by atoms with Gasteiger partial charge in [0.2, 0.25) is 0 Å². The van der Waals surface area contributed by atoms with Crippen LogP contribution in [-0.4, -0.2) is 18.1 Å². The number of hydrogen-bond acceptors (Lipinski definition) is 4. The first-order chi connectivity index (χ1) is 10.6. The van der Waals surface area contributed by atoms with Gasteiger partial charge in [-0.1, -0.05) is 30.3 Å². The van der Waals surface area contributed by atoms with Crippen molar-refractivity contribution in [1.29, 1.82) is 0 Å². The van der Waals surface area contributed by atoms with E-state index in [9.17, 15) is 4.79 Å². The van der Waals surface area contributed by atoms with E-state index in [0.717, 1.165) is 27.7 Å². The Kier molecular flexibility index (Phi) is 3.51. The van der Waals surface area contributed by atoms with Crippen LogP contribution in [-0.2, 0) is 4.74 Å². The maximum Gasteiger partial charge on any atom is 0.338 e. The molecule has 22 heavy (non-hydrogen) atoms. The fraction of sp³-hybridized carbons (Fsp3) is 0.111. The maximum absolute atomic E-state index is 12.1. The molecule has 2 N–H and O–H groups in total. The molecule has 0 spiro atoms. The Morgan fingerprint density at radius 1 is 1.14 bits per heavy atom. The minimum atomic E-state index is -0.366. The number of rotatable bonds is 2. The molecule has 0 radical (unpaired) electrons. The number of nitrogen functional groups attached to an aromatic ring is 1. The number of carbonyl (C=O) groups excluding carboxylic acids is 1. The predicted octanol–water partition coefficient (Wildman–Crippen LogP) is 3.58. The largest absolute Gasteiger partial charge is 0.465 e. The summed E-state index contributed by atoms with van der Waals surface area (Å²) >= 11 is 0. The number of hydrogen-bond donors (Lipinski definition) is 1. The van der Waals surface area contributed by atoms with Gasteiger partial charge in [-0.05, 0) is 30.7 Å². The molecule has 0 saturated carbocycles. The highest BCUT2D eigenvalue weighted by Gasteiger charge is 2.15. The first-order valence-corrected chi connectivity index (χ1v) is 6.95. The van der Waals surface area contributed by atoms with Gasteiger partial charge in [-0.2, -0.15) is 0 Å². The number of esters is 1. The molecular weight excluding hydrogens is 276 g/mol. The second-order valence-corrected chi connectivity index (χ2v) is 5.14. The lowest BCUT2D eigenvalue weighted by Crippen LogP contribution is -2.04. The first-order valence-electron chi connectivity index (χ1n) is 6.95. The third-order valence-electron chi connectivity index (χ3n) is 3.65. The fourth-order valence-electron chi connectivity index (χ4n) is 2.47. The second kappa shape index (κ2) is 5.48. The van der Waals surface area contributed by atoms with Crippen LogP contribution in [0.25, 0.3) is 22.2 Å². The zero-order valence-electron chi connectivity index (χ0n) is 12.5. The lowest BCUT2D eigenvalue weighted by Gasteiger charge is -2.10. The minimum Gasteiger partial charge on any atom is -0.465 e. The lowest BCUT2D eigenvalue weighted by molar-refractivity contribution is 0.0603. The lowest BCUT2D eigenvalue weighted by atomic mass is 10.0. The number of aromatic nitrogens is 1. The van der Waals surface area contributed by atoms with Crippen LogP contribution >= 0.6 is 0 Å². The first kappa shape index (κ1) is 14.1.